The van der Waals surface area contributed by atoms with Gasteiger partial charge in [-0.25, -0.2) is 0 Å². The van der Waals surface area contributed by atoms with Crippen molar-refractivity contribution < 1.29 is 9.53 Å². The molecule has 0 bridgehead atoms. The van der Waals surface area contributed by atoms with Crippen molar-refractivity contribution in [2.24, 2.45) is 0 Å². The van der Waals surface area contributed by atoms with Gasteiger partial charge in [-0.1, -0.05) is 12.1 Å². The Labute approximate surface area is 95.9 Å². The minimum Gasteiger partial charge on any atom is -0.497 e. The molecule has 0 heterocycles. The van der Waals surface area contributed by atoms with Crippen LogP contribution < -0.4 is 4.74 Å². The molecule has 1 aromatic carbocycles. The number of methoxy groups -OCH3 is 1. The Balaban J connectivity index is 2.28. The van der Waals surface area contributed by atoms with Crippen molar-refractivity contribution in [3.05, 3.63) is 35.4 Å². The Hall–Kier alpha value is -1.57. The van der Waals surface area contributed by atoms with E-state index >= 15 is 0 Å². The monoisotopic (exact) mass is 216 g/mol. The van der Waals surface area contributed by atoms with Gasteiger partial charge in [0.25, 0.3) is 0 Å². The molecule has 0 aliphatic heterocycles. The third-order valence-corrected chi connectivity index (χ3v) is 2.99. The summed E-state index contributed by atoms with van der Waals surface area (Å²) in [7, 11) is 1.69. The molecule has 2 nitrogen and oxygen atoms in total. The highest BCUT2D eigenvalue weighted by molar-refractivity contribution is 5.72. The Morgan fingerprint density at radius 2 is 2.31 bits per heavy atom. The first-order valence-corrected chi connectivity index (χ1v) is 5.65. The lowest BCUT2D eigenvalue weighted by Gasteiger charge is -2.18. The largest absolute Gasteiger partial charge is 0.497 e. The van der Waals surface area contributed by atoms with Crippen LogP contribution in [0.1, 0.15) is 30.4 Å². The van der Waals surface area contributed by atoms with Crippen LogP contribution in [0.5, 0.6) is 5.75 Å². The third kappa shape index (κ3) is 2.16. The zero-order valence-electron chi connectivity index (χ0n) is 9.53. The Morgan fingerprint density at radius 1 is 1.44 bits per heavy atom. The van der Waals surface area contributed by atoms with Gasteiger partial charge in [-0.05, 0) is 48.1 Å². The van der Waals surface area contributed by atoms with Crippen LogP contribution in [0, 0.1) is 0 Å². The topological polar surface area (TPSA) is 26.3 Å². The van der Waals surface area contributed by atoms with Crippen molar-refractivity contribution in [2.75, 3.05) is 7.11 Å². The van der Waals surface area contributed by atoms with Gasteiger partial charge in [0.15, 0.2) is 0 Å². The highest BCUT2D eigenvalue weighted by atomic mass is 16.5. The van der Waals surface area contributed by atoms with Gasteiger partial charge in [-0.2, -0.15) is 0 Å². The molecule has 0 unspecified atom stereocenters. The van der Waals surface area contributed by atoms with Crippen LogP contribution >= 0.6 is 0 Å². The number of benzene rings is 1. The molecule has 1 aromatic rings. The second-order valence-corrected chi connectivity index (χ2v) is 4.00. The highest BCUT2D eigenvalue weighted by Gasteiger charge is 2.12. The lowest BCUT2D eigenvalue weighted by Crippen LogP contribution is -2.00. The molecule has 0 saturated heterocycles. The molecular weight excluding hydrogens is 200 g/mol. The molecular formula is C14H16O2. The number of carbonyl (C=O) groups is 1. The molecule has 0 aromatic heterocycles. The quantitative estimate of drug-likeness (QED) is 0.723. The second kappa shape index (κ2) is 4.97. The number of aryl methyl sites for hydroxylation is 1. The summed E-state index contributed by atoms with van der Waals surface area (Å²) in [5.41, 5.74) is 3.92. The number of rotatable bonds is 4. The maximum absolute atomic E-state index is 10.4. The maximum Gasteiger partial charge on any atom is 0.120 e. The van der Waals surface area contributed by atoms with Gasteiger partial charge >= 0.3 is 0 Å². The van der Waals surface area contributed by atoms with E-state index in [-0.39, 0.29) is 0 Å². The van der Waals surface area contributed by atoms with Gasteiger partial charge in [-0.15, -0.1) is 0 Å². The predicted molar refractivity (Wildman–Crippen MR) is 64.6 cm³/mol. The SMILES string of the molecule is COc1ccc2c(c1)CCC=C2CCC=O. The maximum atomic E-state index is 10.4. The zero-order chi connectivity index (χ0) is 11.4. The fraction of sp³-hybridized carbons (Fsp3) is 0.357. The molecule has 2 rings (SSSR count). The van der Waals surface area contributed by atoms with Crippen molar-refractivity contribution in [1.82, 2.24) is 0 Å². The summed E-state index contributed by atoms with van der Waals surface area (Å²) >= 11 is 0. The summed E-state index contributed by atoms with van der Waals surface area (Å²) in [6.07, 6.45) is 6.82. The summed E-state index contributed by atoms with van der Waals surface area (Å²) in [5.74, 6) is 0.912. The van der Waals surface area contributed by atoms with Crippen LogP contribution in [0.3, 0.4) is 0 Å². The summed E-state index contributed by atoms with van der Waals surface area (Å²) in [4.78, 5) is 10.4. The van der Waals surface area contributed by atoms with E-state index in [2.05, 4.69) is 18.2 Å². The van der Waals surface area contributed by atoms with Crippen molar-refractivity contribution in [1.29, 1.82) is 0 Å². The second-order valence-electron chi connectivity index (χ2n) is 4.00. The van der Waals surface area contributed by atoms with Crippen LogP contribution in [0.25, 0.3) is 5.57 Å². The van der Waals surface area contributed by atoms with Crippen LogP contribution in [-0.2, 0) is 11.2 Å². The van der Waals surface area contributed by atoms with Gasteiger partial charge < -0.3 is 9.53 Å². The van der Waals surface area contributed by atoms with Crippen molar-refractivity contribution in [2.45, 2.75) is 25.7 Å². The average Bonchev–Trinajstić information content (AvgIpc) is 2.35. The molecule has 0 atom stereocenters. The first-order valence-electron chi connectivity index (χ1n) is 5.65. The van der Waals surface area contributed by atoms with Gasteiger partial charge in [-0.3, -0.25) is 0 Å². The summed E-state index contributed by atoms with van der Waals surface area (Å²) in [6.45, 7) is 0. The lowest BCUT2D eigenvalue weighted by molar-refractivity contribution is -0.107. The first kappa shape index (κ1) is 10.9. The number of ether oxygens (including phenoxy) is 1. The van der Waals surface area contributed by atoms with E-state index in [1.54, 1.807) is 7.11 Å². The minimum absolute atomic E-state index is 0.608. The van der Waals surface area contributed by atoms with E-state index in [0.717, 1.165) is 31.3 Å². The molecule has 84 valence electrons. The minimum atomic E-state index is 0.608. The lowest BCUT2D eigenvalue weighted by atomic mass is 9.88. The molecule has 2 heteroatoms. The van der Waals surface area contributed by atoms with Crippen molar-refractivity contribution >= 4 is 11.9 Å². The van der Waals surface area contributed by atoms with Gasteiger partial charge in [0, 0.05) is 6.42 Å². The molecule has 0 radical (unpaired) electrons. The summed E-state index contributed by atoms with van der Waals surface area (Å²) < 4.78 is 5.22. The van der Waals surface area contributed by atoms with Gasteiger partial charge in [0.1, 0.15) is 12.0 Å². The Kier molecular flexibility index (Phi) is 3.40. The van der Waals surface area contributed by atoms with E-state index in [9.17, 15) is 4.79 Å². The Morgan fingerprint density at radius 3 is 3.06 bits per heavy atom. The third-order valence-electron chi connectivity index (χ3n) is 2.99. The van der Waals surface area contributed by atoms with Crippen molar-refractivity contribution in [3.8, 4) is 5.75 Å². The predicted octanol–water partition coefficient (Wildman–Crippen LogP) is 3.00. The molecule has 0 saturated carbocycles. The Bertz CT molecular complexity index is 419. The molecule has 16 heavy (non-hydrogen) atoms. The van der Waals surface area contributed by atoms with E-state index in [4.69, 9.17) is 4.74 Å². The molecule has 1 aliphatic rings. The summed E-state index contributed by atoms with van der Waals surface area (Å²) in [5, 5.41) is 0. The molecule has 1 aliphatic carbocycles. The standard InChI is InChI=1S/C14H16O2/c1-16-13-7-8-14-11(6-3-9-15)4-2-5-12(14)10-13/h4,7-10H,2-3,5-6H2,1H3. The summed E-state index contributed by atoms with van der Waals surface area (Å²) in [6, 6.07) is 6.19. The molecule has 0 spiro atoms. The van der Waals surface area contributed by atoms with Crippen LogP contribution in [0.2, 0.25) is 0 Å². The molecule has 0 fully saturated rings. The normalized spacial score (nSPS) is 13.9. The van der Waals surface area contributed by atoms with Crippen LogP contribution in [-0.4, -0.2) is 13.4 Å². The highest BCUT2D eigenvalue weighted by Crippen LogP contribution is 2.31. The number of hydrogen-bond donors (Lipinski definition) is 0. The van der Waals surface area contributed by atoms with Gasteiger partial charge in [0.05, 0.1) is 7.11 Å². The number of carbonyl (C=O) groups excluding carboxylic acids is 1. The number of fused-ring (bicyclic) bond motifs is 1. The van der Waals surface area contributed by atoms with E-state index < -0.39 is 0 Å². The van der Waals surface area contributed by atoms with E-state index in [0.29, 0.717) is 6.42 Å². The van der Waals surface area contributed by atoms with Crippen LogP contribution in [0.4, 0.5) is 0 Å². The molecule has 0 N–H and O–H groups in total. The fourth-order valence-electron chi connectivity index (χ4n) is 2.18. The number of allylic oxidation sites excluding steroid dienone is 2. The van der Waals surface area contributed by atoms with Crippen molar-refractivity contribution in [3.63, 3.8) is 0 Å². The van der Waals surface area contributed by atoms with E-state index in [1.165, 1.54) is 16.7 Å². The average molecular weight is 216 g/mol. The first-order chi connectivity index (χ1) is 7.85. The molecule has 0 amide bonds. The zero-order valence-corrected chi connectivity index (χ0v) is 9.53. The number of aldehydes is 1. The fourth-order valence-corrected chi connectivity index (χ4v) is 2.18. The van der Waals surface area contributed by atoms with E-state index in [1.807, 2.05) is 6.07 Å². The van der Waals surface area contributed by atoms with Crippen LogP contribution in [0.15, 0.2) is 24.3 Å². The van der Waals surface area contributed by atoms with Gasteiger partial charge in [0.2, 0.25) is 0 Å². The number of hydrogen-bond acceptors (Lipinski definition) is 2. The smallest absolute Gasteiger partial charge is 0.120 e.